The molecule has 5 heteroatoms. The number of hydrogen-bond donors (Lipinski definition) is 2. The van der Waals surface area contributed by atoms with Crippen molar-refractivity contribution in [3.8, 4) is 0 Å². The molecule has 4 nitrogen and oxygen atoms in total. The van der Waals surface area contributed by atoms with Crippen LogP contribution < -0.4 is 10.6 Å². The smallest absolute Gasteiger partial charge is 0.407 e. The second-order valence-electron chi connectivity index (χ2n) is 5.12. The monoisotopic (exact) mass is 270 g/mol. The first kappa shape index (κ1) is 15.0. The zero-order chi connectivity index (χ0) is 13.6. The quantitative estimate of drug-likeness (QED) is 0.809. The Kier molecular flexibility index (Phi) is 5.62. The predicted molar refractivity (Wildman–Crippen MR) is 75.0 cm³/mol. The summed E-state index contributed by atoms with van der Waals surface area (Å²) in [5.74, 6) is 0. The van der Waals surface area contributed by atoms with Gasteiger partial charge in [0.2, 0.25) is 0 Å². The van der Waals surface area contributed by atoms with Crippen molar-refractivity contribution in [1.29, 1.82) is 0 Å². The average molecular weight is 270 g/mol. The molecule has 0 unspecified atom stereocenters. The molecule has 0 atom stereocenters. The van der Waals surface area contributed by atoms with E-state index in [1.807, 2.05) is 20.8 Å². The molecule has 1 heterocycles. The van der Waals surface area contributed by atoms with Crippen LogP contribution in [0.3, 0.4) is 0 Å². The molecule has 1 aromatic rings. The van der Waals surface area contributed by atoms with Crippen LogP contribution in [0.2, 0.25) is 0 Å². The molecule has 102 valence electrons. The van der Waals surface area contributed by atoms with Crippen LogP contribution in [0.5, 0.6) is 0 Å². The second kappa shape index (κ2) is 6.75. The van der Waals surface area contributed by atoms with Gasteiger partial charge in [-0.3, -0.25) is 0 Å². The highest BCUT2D eigenvalue weighted by Crippen LogP contribution is 2.14. The lowest BCUT2D eigenvalue weighted by atomic mass is 10.2. The molecule has 0 fully saturated rings. The van der Waals surface area contributed by atoms with Crippen LogP contribution in [0, 0.1) is 6.92 Å². The van der Waals surface area contributed by atoms with Gasteiger partial charge in [0.05, 0.1) is 0 Å². The summed E-state index contributed by atoms with van der Waals surface area (Å²) in [7, 11) is 0. The Labute approximate surface area is 113 Å². The first-order valence-electron chi connectivity index (χ1n) is 6.10. The summed E-state index contributed by atoms with van der Waals surface area (Å²) in [4.78, 5) is 14.0. The van der Waals surface area contributed by atoms with Crippen LogP contribution >= 0.6 is 11.3 Å². The molecular formula is C13H22N2O2S. The molecule has 1 aromatic heterocycles. The summed E-state index contributed by atoms with van der Waals surface area (Å²) in [6.07, 6.45) is -0.365. The fourth-order valence-electron chi connectivity index (χ4n) is 1.36. The number of rotatable bonds is 5. The maximum Gasteiger partial charge on any atom is 0.407 e. The molecule has 2 N–H and O–H groups in total. The number of amides is 1. The van der Waals surface area contributed by atoms with Crippen molar-refractivity contribution in [2.24, 2.45) is 0 Å². The molecule has 0 aliphatic heterocycles. The Balaban J connectivity index is 2.07. The molecule has 0 radical (unpaired) electrons. The Morgan fingerprint density at radius 3 is 2.61 bits per heavy atom. The number of nitrogens with one attached hydrogen (secondary N) is 2. The highest BCUT2D eigenvalue weighted by Gasteiger charge is 2.15. The summed E-state index contributed by atoms with van der Waals surface area (Å²) in [6, 6.07) is 4.23. The highest BCUT2D eigenvalue weighted by atomic mass is 32.1. The predicted octanol–water partition coefficient (Wildman–Crippen LogP) is 2.67. The number of hydrogen-bond acceptors (Lipinski definition) is 4. The first-order chi connectivity index (χ1) is 8.37. The third-order valence-electron chi connectivity index (χ3n) is 2.07. The minimum absolute atomic E-state index is 0.365. The van der Waals surface area contributed by atoms with Gasteiger partial charge in [-0.2, -0.15) is 0 Å². The van der Waals surface area contributed by atoms with E-state index < -0.39 is 5.60 Å². The molecule has 18 heavy (non-hydrogen) atoms. The van der Waals surface area contributed by atoms with E-state index in [4.69, 9.17) is 4.74 Å². The van der Waals surface area contributed by atoms with E-state index in [2.05, 4.69) is 29.7 Å². The number of alkyl carbamates (subject to hydrolysis) is 1. The third kappa shape index (κ3) is 6.61. The number of carbonyl (C=O) groups excluding carboxylic acids is 1. The van der Waals surface area contributed by atoms with E-state index in [-0.39, 0.29) is 6.09 Å². The average Bonchev–Trinajstić information content (AvgIpc) is 2.61. The molecule has 1 rings (SSSR count). The zero-order valence-electron chi connectivity index (χ0n) is 11.5. The van der Waals surface area contributed by atoms with Gasteiger partial charge in [-0.25, -0.2) is 4.79 Å². The standard InChI is InChI=1S/C13H22N2O2S/c1-10-5-6-11(18-10)9-14-7-8-15-12(16)17-13(2,3)4/h5-6,14H,7-9H2,1-4H3,(H,15,16). The van der Waals surface area contributed by atoms with Crippen molar-refractivity contribution in [2.45, 2.75) is 39.8 Å². The SMILES string of the molecule is Cc1ccc(CNCCNC(=O)OC(C)(C)C)s1. The van der Waals surface area contributed by atoms with E-state index in [9.17, 15) is 4.79 Å². The van der Waals surface area contributed by atoms with Crippen LogP contribution in [-0.2, 0) is 11.3 Å². The molecule has 0 aliphatic carbocycles. The fraction of sp³-hybridized carbons (Fsp3) is 0.615. The fourth-order valence-corrected chi connectivity index (χ4v) is 2.22. The Hall–Kier alpha value is -1.07. The summed E-state index contributed by atoms with van der Waals surface area (Å²) in [5, 5.41) is 5.98. The summed E-state index contributed by atoms with van der Waals surface area (Å²) >= 11 is 1.79. The molecular weight excluding hydrogens is 248 g/mol. The van der Waals surface area contributed by atoms with Crippen molar-refractivity contribution < 1.29 is 9.53 Å². The third-order valence-corrected chi connectivity index (χ3v) is 3.07. The largest absolute Gasteiger partial charge is 0.444 e. The van der Waals surface area contributed by atoms with Gasteiger partial charge >= 0.3 is 6.09 Å². The molecule has 0 bridgehead atoms. The van der Waals surface area contributed by atoms with Gasteiger partial charge in [-0.05, 0) is 39.8 Å². The Bertz CT molecular complexity index is 383. The summed E-state index contributed by atoms with van der Waals surface area (Å²) in [5.41, 5.74) is -0.438. The van der Waals surface area contributed by atoms with Crippen LogP contribution in [-0.4, -0.2) is 24.8 Å². The lowest BCUT2D eigenvalue weighted by Gasteiger charge is -2.19. The molecule has 0 aromatic carbocycles. The van der Waals surface area contributed by atoms with Gasteiger partial charge in [-0.1, -0.05) is 0 Å². The van der Waals surface area contributed by atoms with Gasteiger partial charge in [0, 0.05) is 29.4 Å². The van der Waals surface area contributed by atoms with Crippen LogP contribution in [0.15, 0.2) is 12.1 Å². The second-order valence-corrected chi connectivity index (χ2v) is 6.49. The lowest BCUT2D eigenvalue weighted by molar-refractivity contribution is 0.0528. The zero-order valence-corrected chi connectivity index (χ0v) is 12.3. The van der Waals surface area contributed by atoms with E-state index in [1.165, 1.54) is 9.75 Å². The normalized spacial score (nSPS) is 11.3. The summed E-state index contributed by atoms with van der Waals surface area (Å²) < 4.78 is 5.13. The molecule has 0 saturated carbocycles. The molecule has 1 amide bonds. The van der Waals surface area contributed by atoms with E-state index >= 15 is 0 Å². The summed E-state index contributed by atoms with van der Waals surface area (Å²) in [6.45, 7) is 9.79. The topological polar surface area (TPSA) is 50.4 Å². The maximum absolute atomic E-state index is 11.3. The van der Waals surface area contributed by atoms with Crippen LogP contribution in [0.1, 0.15) is 30.5 Å². The minimum atomic E-state index is -0.438. The van der Waals surface area contributed by atoms with Crippen molar-refractivity contribution in [2.75, 3.05) is 13.1 Å². The highest BCUT2D eigenvalue weighted by molar-refractivity contribution is 7.11. The van der Waals surface area contributed by atoms with Gasteiger partial charge < -0.3 is 15.4 Å². The van der Waals surface area contributed by atoms with E-state index in [0.717, 1.165) is 13.1 Å². The van der Waals surface area contributed by atoms with E-state index in [1.54, 1.807) is 11.3 Å². The number of aryl methyl sites for hydroxylation is 1. The van der Waals surface area contributed by atoms with Crippen LogP contribution in [0.4, 0.5) is 4.79 Å². The number of carbonyl (C=O) groups is 1. The van der Waals surface area contributed by atoms with Crippen molar-refractivity contribution >= 4 is 17.4 Å². The van der Waals surface area contributed by atoms with E-state index in [0.29, 0.717) is 6.54 Å². The van der Waals surface area contributed by atoms with Gasteiger partial charge in [0.25, 0.3) is 0 Å². The van der Waals surface area contributed by atoms with Gasteiger partial charge in [0.1, 0.15) is 5.60 Å². The molecule has 0 saturated heterocycles. The minimum Gasteiger partial charge on any atom is -0.444 e. The maximum atomic E-state index is 11.3. The number of thiophene rings is 1. The first-order valence-corrected chi connectivity index (χ1v) is 6.91. The lowest BCUT2D eigenvalue weighted by Crippen LogP contribution is -2.36. The molecule has 0 spiro atoms. The van der Waals surface area contributed by atoms with Crippen LogP contribution in [0.25, 0.3) is 0 Å². The van der Waals surface area contributed by atoms with Crippen molar-refractivity contribution in [3.63, 3.8) is 0 Å². The Morgan fingerprint density at radius 2 is 2.06 bits per heavy atom. The van der Waals surface area contributed by atoms with Crippen molar-refractivity contribution in [1.82, 2.24) is 10.6 Å². The Morgan fingerprint density at radius 1 is 1.33 bits per heavy atom. The van der Waals surface area contributed by atoms with Crippen molar-refractivity contribution in [3.05, 3.63) is 21.9 Å². The molecule has 0 aliphatic rings. The van der Waals surface area contributed by atoms with Gasteiger partial charge in [-0.15, -0.1) is 11.3 Å². The number of ether oxygens (including phenoxy) is 1. The van der Waals surface area contributed by atoms with Gasteiger partial charge in [0.15, 0.2) is 0 Å².